The number of fused-ring (bicyclic) bond motifs is 5. The summed E-state index contributed by atoms with van der Waals surface area (Å²) in [5.74, 6) is -0.256. The summed E-state index contributed by atoms with van der Waals surface area (Å²) < 4.78 is 14.2. The van der Waals surface area contributed by atoms with Crippen molar-refractivity contribution < 1.29 is 23.5 Å². The number of aryl methyl sites for hydroxylation is 1. The molecule has 5 aromatic rings. The number of rotatable bonds is 5. The van der Waals surface area contributed by atoms with Crippen molar-refractivity contribution in [3.05, 3.63) is 110 Å². The first kappa shape index (κ1) is 30.4. The molecule has 2 unspecified atom stereocenters. The number of ketones is 1. The number of nitrogens with zero attached hydrogens (tertiary/aromatic N) is 1. The van der Waals surface area contributed by atoms with Gasteiger partial charge in [0, 0.05) is 44.2 Å². The van der Waals surface area contributed by atoms with Crippen LogP contribution in [-0.4, -0.2) is 40.3 Å². The van der Waals surface area contributed by atoms with Crippen molar-refractivity contribution >= 4 is 50.1 Å². The average molecular weight is 709 g/mol. The van der Waals surface area contributed by atoms with Crippen molar-refractivity contribution in [2.45, 2.75) is 51.8 Å². The van der Waals surface area contributed by atoms with Gasteiger partial charge in [-0.25, -0.2) is 4.98 Å². The Morgan fingerprint density at radius 2 is 1.92 bits per heavy atom. The summed E-state index contributed by atoms with van der Waals surface area (Å²) in [7, 11) is 0. The second-order valence-electron chi connectivity index (χ2n) is 13.3. The number of benzene rings is 3. The van der Waals surface area contributed by atoms with Gasteiger partial charge < -0.3 is 30.1 Å². The van der Waals surface area contributed by atoms with Crippen molar-refractivity contribution in [1.29, 1.82) is 0 Å². The van der Waals surface area contributed by atoms with Gasteiger partial charge in [0.05, 0.1) is 12.2 Å². The Hall–Kier alpha value is -4.90. The minimum absolute atomic E-state index is 0.0289. The van der Waals surface area contributed by atoms with Gasteiger partial charge in [-0.3, -0.25) is 14.4 Å². The number of Topliss-reactive ketones (excluding diaryl/α,β-unsaturated/α-hetero) is 1. The minimum atomic E-state index is -1.10. The number of ether oxygens (including phenoxy) is 1. The van der Waals surface area contributed by atoms with Crippen LogP contribution in [0.4, 0.5) is 5.69 Å². The number of aromatic nitrogens is 2. The lowest BCUT2D eigenvalue weighted by atomic mass is 9.72. The van der Waals surface area contributed by atoms with E-state index in [0.29, 0.717) is 17.7 Å². The molecule has 4 N–H and O–H groups in total. The Morgan fingerprint density at radius 3 is 2.73 bits per heavy atom. The van der Waals surface area contributed by atoms with Crippen molar-refractivity contribution in [3.63, 3.8) is 0 Å². The van der Waals surface area contributed by atoms with Gasteiger partial charge in [0.2, 0.25) is 11.8 Å². The van der Waals surface area contributed by atoms with Gasteiger partial charge in [0.15, 0.2) is 23.5 Å². The molecular weight excluding hydrogens is 674 g/mol. The summed E-state index contributed by atoms with van der Waals surface area (Å²) in [5.41, 5.74) is 4.77. The zero-order chi connectivity index (χ0) is 33.5. The van der Waals surface area contributed by atoms with Crippen LogP contribution in [0.1, 0.15) is 81.6 Å². The van der Waals surface area contributed by atoms with Gasteiger partial charge in [-0.05, 0) is 58.5 Å². The molecule has 0 saturated carbocycles. The smallest absolute Gasteiger partial charge is 0.273 e. The van der Waals surface area contributed by atoms with Crippen LogP contribution < -0.4 is 20.7 Å². The summed E-state index contributed by atoms with van der Waals surface area (Å²) in [6.07, 6.45) is 1.53. The topological polar surface area (TPSA) is 138 Å². The molecule has 1 spiro atoms. The van der Waals surface area contributed by atoms with Gasteiger partial charge in [-0.2, -0.15) is 0 Å². The zero-order valence-corrected chi connectivity index (χ0v) is 28.4. The molecule has 0 radical (unpaired) electrons. The number of para-hydroxylation sites is 2. The number of halogens is 1. The molecule has 3 aliphatic rings. The lowest BCUT2D eigenvalue weighted by molar-refractivity contribution is -0.125. The molecule has 8 rings (SSSR count). The van der Waals surface area contributed by atoms with Crippen LogP contribution in [0, 0.1) is 18.8 Å². The number of H-pyrrole nitrogens is 1. The van der Waals surface area contributed by atoms with E-state index in [1.165, 1.54) is 0 Å². The van der Waals surface area contributed by atoms with Crippen LogP contribution in [0.5, 0.6) is 5.75 Å². The van der Waals surface area contributed by atoms with Crippen molar-refractivity contribution in [3.8, 4) is 5.75 Å². The van der Waals surface area contributed by atoms with Crippen LogP contribution in [0.25, 0.3) is 10.9 Å². The van der Waals surface area contributed by atoms with E-state index in [1.807, 2.05) is 82.3 Å². The first-order valence-corrected chi connectivity index (χ1v) is 16.9. The number of oxazole rings is 1. The standard InChI is InChI=1S/C37H34BrN5O5/c1-17(2)28-35-42-31(34(46)40-16-26(44)22-15-39-29-18(3)7-5-8-21(22)29)32(48-35)37-23-9-6-10-25(38)30(23)43-36(37)47-27-12-11-20(14-24(27)37)13-19(4)33(45)41-28/h5-12,14-15,17,19,28,36,39,43H,13,16H2,1-4H3,(H,40,46)(H,41,45)/t19-,28?,36?,37-/m0/s1. The van der Waals surface area contributed by atoms with E-state index in [1.54, 1.807) is 6.20 Å². The van der Waals surface area contributed by atoms with Crippen molar-refractivity contribution in [2.75, 3.05) is 11.9 Å². The number of aromatic amines is 1. The van der Waals surface area contributed by atoms with Crippen LogP contribution >= 0.6 is 15.9 Å². The molecule has 0 saturated heterocycles. The van der Waals surface area contributed by atoms with Gasteiger partial charge in [-0.1, -0.05) is 63.2 Å². The SMILES string of the molecule is Cc1cccc2c(C(=O)CNC(=O)c3nc4oc3[C@]35c6cc(ccc6OC3Nc3c(Br)cccc35)C[C@H](C)C(=O)NC4C(C)C)c[nH]c12. The van der Waals surface area contributed by atoms with E-state index in [2.05, 4.69) is 36.9 Å². The highest BCUT2D eigenvalue weighted by Gasteiger charge is 2.61. The third-order valence-corrected chi connectivity index (χ3v) is 10.6. The number of amides is 2. The molecule has 11 heteroatoms. The molecule has 48 heavy (non-hydrogen) atoms. The molecule has 0 aliphatic carbocycles. The molecule has 2 aromatic heterocycles. The second kappa shape index (κ2) is 11.1. The van der Waals surface area contributed by atoms with E-state index in [4.69, 9.17) is 14.1 Å². The number of carbonyl (C=O) groups excluding carboxylic acids is 3. The third-order valence-electron chi connectivity index (χ3n) is 9.89. The number of anilines is 1. The van der Waals surface area contributed by atoms with Crippen LogP contribution in [0.15, 0.2) is 69.7 Å². The Bertz CT molecular complexity index is 2170. The molecule has 3 aromatic carbocycles. The second-order valence-corrected chi connectivity index (χ2v) is 14.2. The molecule has 3 aliphatic heterocycles. The van der Waals surface area contributed by atoms with Crippen LogP contribution in [-0.2, 0) is 16.6 Å². The minimum Gasteiger partial charge on any atom is -0.469 e. The molecule has 2 amide bonds. The molecule has 4 atom stereocenters. The lowest BCUT2D eigenvalue weighted by Crippen LogP contribution is -2.41. The molecule has 4 bridgehead atoms. The summed E-state index contributed by atoms with van der Waals surface area (Å²) in [6.45, 7) is 7.56. The highest BCUT2D eigenvalue weighted by molar-refractivity contribution is 9.10. The van der Waals surface area contributed by atoms with E-state index >= 15 is 0 Å². The Morgan fingerprint density at radius 1 is 1.10 bits per heavy atom. The molecule has 5 heterocycles. The maximum absolute atomic E-state index is 14.3. The Balaban J connectivity index is 1.29. The third kappa shape index (κ3) is 4.43. The normalized spacial score (nSPS) is 22.2. The maximum Gasteiger partial charge on any atom is 0.273 e. The van der Waals surface area contributed by atoms with Gasteiger partial charge in [-0.15, -0.1) is 0 Å². The number of hydrogen-bond donors (Lipinski definition) is 4. The quantitative estimate of drug-likeness (QED) is 0.157. The molecule has 10 nitrogen and oxygen atoms in total. The van der Waals surface area contributed by atoms with Gasteiger partial charge in [0.1, 0.15) is 17.2 Å². The predicted molar refractivity (Wildman–Crippen MR) is 183 cm³/mol. The summed E-state index contributed by atoms with van der Waals surface area (Å²) >= 11 is 3.70. The van der Waals surface area contributed by atoms with E-state index < -0.39 is 23.6 Å². The summed E-state index contributed by atoms with van der Waals surface area (Å²) in [6, 6.07) is 17.0. The van der Waals surface area contributed by atoms with E-state index in [0.717, 1.165) is 43.3 Å². The number of nitrogens with one attached hydrogen (secondary N) is 4. The van der Waals surface area contributed by atoms with E-state index in [9.17, 15) is 14.4 Å². The maximum atomic E-state index is 14.3. The highest BCUT2D eigenvalue weighted by Crippen LogP contribution is 2.59. The average Bonchev–Trinajstić information content (AvgIpc) is 3.83. The van der Waals surface area contributed by atoms with Crippen molar-refractivity contribution in [2.24, 2.45) is 11.8 Å². The first-order valence-electron chi connectivity index (χ1n) is 16.1. The molecular formula is C37H34BrN5O5. The largest absolute Gasteiger partial charge is 0.469 e. The fraction of sp³-hybridized carbons (Fsp3) is 0.297. The first-order chi connectivity index (χ1) is 23.1. The van der Waals surface area contributed by atoms with Crippen molar-refractivity contribution in [1.82, 2.24) is 20.6 Å². The summed E-state index contributed by atoms with van der Waals surface area (Å²) in [5, 5.41) is 10.3. The Labute approximate surface area is 285 Å². The summed E-state index contributed by atoms with van der Waals surface area (Å²) in [4.78, 5) is 49.3. The van der Waals surface area contributed by atoms with Crippen LogP contribution in [0.2, 0.25) is 0 Å². The lowest BCUT2D eigenvalue weighted by Gasteiger charge is -2.28. The van der Waals surface area contributed by atoms with Gasteiger partial charge >= 0.3 is 0 Å². The highest BCUT2D eigenvalue weighted by atomic mass is 79.9. The number of hydrogen-bond acceptors (Lipinski definition) is 7. The molecule has 244 valence electrons. The Kier molecular flexibility index (Phi) is 7.03. The zero-order valence-electron chi connectivity index (χ0n) is 26.9. The predicted octanol–water partition coefficient (Wildman–Crippen LogP) is 6.32. The fourth-order valence-electron chi connectivity index (χ4n) is 7.41. The van der Waals surface area contributed by atoms with Gasteiger partial charge in [0.25, 0.3) is 5.91 Å². The van der Waals surface area contributed by atoms with E-state index in [-0.39, 0.29) is 47.4 Å². The monoisotopic (exact) mass is 707 g/mol. The number of carbonyl (C=O) groups is 3. The molecule has 0 fully saturated rings. The van der Waals surface area contributed by atoms with Crippen LogP contribution in [0.3, 0.4) is 0 Å². The fourth-order valence-corrected chi connectivity index (χ4v) is 7.89.